The average Bonchev–Trinajstić information content (AvgIpc) is 2.65. The fourth-order valence-corrected chi connectivity index (χ4v) is 2.51. The molecule has 0 aliphatic rings. The van der Waals surface area contributed by atoms with Crippen LogP contribution in [-0.2, 0) is 9.53 Å². The van der Waals surface area contributed by atoms with Crippen LogP contribution in [0.1, 0.15) is 5.56 Å². The molecule has 0 saturated carbocycles. The van der Waals surface area contributed by atoms with E-state index < -0.39 is 5.97 Å². The number of esters is 1. The van der Waals surface area contributed by atoms with Crippen molar-refractivity contribution in [2.45, 2.75) is 0 Å². The Bertz CT molecular complexity index is 903. The molecule has 3 aromatic rings. The maximum atomic E-state index is 11.8. The monoisotopic (exact) mass is 353 g/mol. The van der Waals surface area contributed by atoms with Gasteiger partial charge in [0.15, 0.2) is 0 Å². The number of ether oxygens (including phenoxy) is 2. The van der Waals surface area contributed by atoms with E-state index in [4.69, 9.17) is 21.1 Å². The number of para-hydroxylation sites is 2. The van der Waals surface area contributed by atoms with Crippen LogP contribution in [0.2, 0.25) is 5.02 Å². The average molecular weight is 354 g/mol. The van der Waals surface area contributed by atoms with E-state index >= 15 is 0 Å². The minimum absolute atomic E-state index is 0.141. The summed E-state index contributed by atoms with van der Waals surface area (Å²) in [5, 5.41) is 1.54. The van der Waals surface area contributed by atoms with Gasteiger partial charge in [0, 0.05) is 23.2 Å². The highest BCUT2D eigenvalue weighted by Crippen LogP contribution is 2.22. The zero-order chi connectivity index (χ0) is 17.5. The second kappa shape index (κ2) is 8.31. The summed E-state index contributed by atoms with van der Waals surface area (Å²) in [7, 11) is 0. The van der Waals surface area contributed by atoms with Crippen molar-refractivity contribution >= 4 is 34.5 Å². The molecule has 126 valence electrons. The number of benzene rings is 2. The normalized spacial score (nSPS) is 10.9. The van der Waals surface area contributed by atoms with Crippen LogP contribution in [-0.4, -0.2) is 24.2 Å². The molecular formula is C20H16ClNO3. The SMILES string of the molecule is O=C(C=Cc1cccc2cccnc12)OCCOc1ccccc1Cl. The van der Waals surface area contributed by atoms with Gasteiger partial charge in [-0.3, -0.25) is 4.98 Å². The molecule has 0 spiro atoms. The van der Waals surface area contributed by atoms with Gasteiger partial charge < -0.3 is 9.47 Å². The van der Waals surface area contributed by atoms with Crippen molar-refractivity contribution in [2.75, 3.05) is 13.2 Å². The van der Waals surface area contributed by atoms with Gasteiger partial charge >= 0.3 is 5.97 Å². The van der Waals surface area contributed by atoms with Gasteiger partial charge in [0.05, 0.1) is 10.5 Å². The van der Waals surface area contributed by atoms with Gasteiger partial charge in [-0.1, -0.05) is 48.0 Å². The number of carbonyl (C=O) groups excluding carboxylic acids is 1. The minimum atomic E-state index is -0.435. The Morgan fingerprint density at radius 3 is 2.76 bits per heavy atom. The molecule has 3 rings (SSSR count). The second-order valence-corrected chi connectivity index (χ2v) is 5.61. The van der Waals surface area contributed by atoms with Crippen LogP contribution in [0.15, 0.2) is 66.9 Å². The van der Waals surface area contributed by atoms with E-state index in [-0.39, 0.29) is 13.2 Å². The first-order chi connectivity index (χ1) is 12.2. The number of aromatic nitrogens is 1. The third kappa shape index (κ3) is 4.58. The van der Waals surface area contributed by atoms with Gasteiger partial charge in [-0.05, 0) is 24.3 Å². The highest BCUT2D eigenvalue weighted by molar-refractivity contribution is 6.32. The number of halogens is 1. The lowest BCUT2D eigenvalue weighted by molar-refractivity contribution is -0.138. The summed E-state index contributed by atoms with van der Waals surface area (Å²) < 4.78 is 10.6. The maximum absolute atomic E-state index is 11.8. The van der Waals surface area contributed by atoms with Crippen LogP contribution in [0.4, 0.5) is 0 Å². The van der Waals surface area contributed by atoms with Gasteiger partial charge in [-0.2, -0.15) is 0 Å². The Labute approximate surface area is 150 Å². The summed E-state index contributed by atoms with van der Waals surface area (Å²) in [4.78, 5) is 16.2. The number of hydrogen-bond donors (Lipinski definition) is 0. The molecule has 0 atom stereocenters. The molecule has 25 heavy (non-hydrogen) atoms. The summed E-state index contributed by atoms with van der Waals surface area (Å²) in [5.41, 5.74) is 1.71. The van der Waals surface area contributed by atoms with Crippen LogP contribution in [0.3, 0.4) is 0 Å². The van der Waals surface area contributed by atoms with Crippen molar-refractivity contribution in [1.29, 1.82) is 0 Å². The van der Waals surface area contributed by atoms with E-state index in [1.807, 2.05) is 42.5 Å². The molecular weight excluding hydrogens is 338 g/mol. The summed E-state index contributed by atoms with van der Waals surface area (Å²) in [6.45, 7) is 0.376. The number of nitrogens with zero attached hydrogens (tertiary/aromatic N) is 1. The molecule has 1 aromatic heterocycles. The summed E-state index contributed by atoms with van der Waals surface area (Å²) >= 11 is 5.98. The molecule has 0 bridgehead atoms. The topological polar surface area (TPSA) is 48.4 Å². The van der Waals surface area contributed by atoms with Crippen LogP contribution >= 0.6 is 11.6 Å². The van der Waals surface area contributed by atoms with E-state index in [1.165, 1.54) is 6.08 Å². The van der Waals surface area contributed by atoms with Crippen LogP contribution in [0.25, 0.3) is 17.0 Å². The lowest BCUT2D eigenvalue weighted by Crippen LogP contribution is -2.10. The second-order valence-electron chi connectivity index (χ2n) is 5.20. The van der Waals surface area contributed by atoms with Gasteiger partial charge in [-0.15, -0.1) is 0 Å². The minimum Gasteiger partial charge on any atom is -0.488 e. The van der Waals surface area contributed by atoms with Crippen LogP contribution in [0, 0.1) is 0 Å². The fourth-order valence-electron chi connectivity index (χ4n) is 2.32. The standard InChI is InChI=1S/C20H16ClNO3/c21-17-8-1-2-9-18(17)24-13-14-25-19(23)11-10-16-6-3-5-15-7-4-12-22-20(15)16/h1-12H,13-14H2. The van der Waals surface area contributed by atoms with E-state index in [0.717, 1.165) is 16.5 Å². The molecule has 0 unspecified atom stereocenters. The lowest BCUT2D eigenvalue weighted by Gasteiger charge is -2.07. The van der Waals surface area contributed by atoms with Crippen LogP contribution < -0.4 is 4.74 Å². The van der Waals surface area contributed by atoms with E-state index in [9.17, 15) is 4.79 Å². The fraction of sp³-hybridized carbons (Fsp3) is 0.100. The van der Waals surface area contributed by atoms with Crippen molar-refractivity contribution in [3.05, 3.63) is 77.5 Å². The Hall–Kier alpha value is -2.85. The smallest absolute Gasteiger partial charge is 0.330 e. The summed E-state index contributed by atoms with van der Waals surface area (Å²) in [6.07, 6.45) is 4.82. The first kappa shape index (κ1) is 17.0. The van der Waals surface area contributed by atoms with Crippen molar-refractivity contribution < 1.29 is 14.3 Å². The van der Waals surface area contributed by atoms with Crippen molar-refractivity contribution in [3.8, 4) is 5.75 Å². The molecule has 0 saturated heterocycles. The number of pyridine rings is 1. The molecule has 1 heterocycles. The number of rotatable bonds is 6. The third-order valence-electron chi connectivity index (χ3n) is 3.48. The zero-order valence-electron chi connectivity index (χ0n) is 13.4. The molecule has 0 N–H and O–H groups in total. The number of fused-ring (bicyclic) bond motifs is 1. The molecule has 0 radical (unpaired) electrons. The highest BCUT2D eigenvalue weighted by atomic mass is 35.5. The van der Waals surface area contributed by atoms with E-state index in [1.54, 1.807) is 24.4 Å². The molecule has 5 heteroatoms. The Kier molecular flexibility index (Phi) is 5.65. The number of carbonyl (C=O) groups is 1. The van der Waals surface area contributed by atoms with Crippen molar-refractivity contribution in [2.24, 2.45) is 0 Å². The quantitative estimate of drug-likeness (QED) is 0.371. The van der Waals surface area contributed by atoms with Gasteiger partial charge in [-0.25, -0.2) is 4.79 Å². The van der Waals surface area contributed by atoms with Crippen molar-refractivity contribution in [1.82, 2.24) is 4.98 Å². The zero-order valence-corrected chi connectivity index (χ0v) is 14.1. The summed E-state index contributed by atoms with van der Waals surface area (Å²) in [5.74, 6) is 0.133. The molecule has 4 nitrogen and oxygen atoms in total. The first-order valence-electron chi connectivity index (χ1n) is 7.80. The Balaban J connectivity index is 1.52. The lowest BCUT2D eigenvalue weighted by atomic mass is 10.1. The Morgan fingerprint density at radius 1 is 1.04 bits per heavy atom. The summed E-state index contributed by atoms with van der Waals surface area (Å²) in [6, 6.07) is 16.8. The predicted octanol–water partition coefficient (Wildman–Crippen LogP) is 4.52. The van der Waals surface area contributed by atoms with Crippen molar-refractivity contribution in [3.63, 3.8) is 0 Å². The Morgan fingerprint density at radius 2 is 1.88 bits per heavy atom. The molecule has 2 aromatic carbocycles. The highest BCUT2D eigenvalue weighted by Gasteiger charge is 2.02. The number of hydrogen-bond acceptors (Lipinski definition) is 4. The maximum Gasteiger partial charge on any atom is 0.330 e. The molecule has 0 fully saturated rings. The molecule has 0 aliphatic heterocycles. The predicted molar refractivity (Wildman–Crippen MR) is 98.7 cm³/mol. The van der Waals surface area contributed by atoms with Gasteiger partial charge in [0.1, 0.15) is 19.0 Å². The molecule has 0 aliphatic carbocycles. The van der Waals surface area contributed by atoms with E-state index in [2.05, 4.69) is 4.98 Å². The largest absolute Gasteiger partial charge is 0.488 e. The molecule has 0 amide bonds. The first-order valence-corrected chi connectivity index (χ1v) is 8.18. The van der Waals surface area contributed by atoms with Gasteiger partial charge in [0.25, 0.3) is 0 Å². The van der Waals surface area contributed by atoms with Gasteiger partial charge in [0.2, 0.25) is 0 Å². The third-order valence-corrected chi connectivity index (χ3v) is 3.80. The van der Waals surface area contributed by atoms with E-state index in [0.29, 0.717) is 10.8 Å². The van der Waals surface area contributed by atoms with Crippen LogP contribution in [0.5, 0.6) is 5.75 Å².